The molecule has 0 fully saturated rings. The zero-order chi connectivity index (χ0) is 16.0. The molecular weight excluding hydrogens is 266 g/mol. The fourth-order valence-corrected chi connectivity index (χ4v) is 3.04. The highest BCUT2D eigenvalue weighted by molar-refractivity contribution is 5.41. The normalized spacial score (nSPS) is 13.3. The van der Waals surface area contributed by atoms with Crippen LogP contribution < -0.4 is 16.0 Å². The molecule has 1 rings (SSSR count). The number of aromatic nitrogens is 1. The van der Waals surface area contributed by atoms with Gasteiger partial charge < -0.3 is 9.47 Å². The van der Waals surface area contributed by atoms with Gasteiger partial charge in [-0.05, 0) is 26.7 Å². The first kappa shape index (κ1) is 17.9. The highest BCUT2D eigenvalue weighted by Crippen LogP contribution is 2.29. The van der Waals surface area contributed by atoms with Gasteiger partial charge in [-0.1, -0.05) is 13.8 Å². The lowest BCUT2D eigenvalue weighted by molar-refractivity contribution is -0.0475. The number of methoxy groups -OCH3 is 2. The van der Waals surface area contributed by atoms with Gasteiger partial charge in [-0.15, -0.1) is 0 Å². The van der Waals surface area contributed by atoms with Crippen LogP contribution in [0.4, 0.5) is 0 Å². The lowest BCUT2D eigenvalue weighted by Gasteiger charge is -2.38. The minimum absolute atomic E-state index is 0.00360. The number of aryl methyl sites for hydroxylation is 1. The SMILES string of the molecule is CCC(CC)(OC)C(Cc1ncc(C)c(OC)c1C)NN. The standard InChI is InChI=1S/C16H29N3O2/c1-7-16(8-2,21-6)14(19-17)9-13-12(4)15(20-5)11(3)10-18-13/h10,14,19H,7-9,17H2,1-6H3. The molecule has 1 aromatic heterocycles. The van der Waals surface area contributed by atoms with Crippen molar-refractivity contribution in [2.75, 3.05) is 14.2 Å². The molecule has 0 aliphatic heterocycles. The average Bonchev–Trinajstić information content (AvgIpc) is 2.50. The van der Waals surface area contributed by atoms with Crippen molar-refractivity contribution in [1.29, 1.82) is 0 Å². The summed E-state index contributed by atoms with van der Waals surface area (Å²) in [7, 11) is 3.43. The van der Waals surface area contributed by atoms with Crippen LogP contribution in [0.1, 0.15) is 43.5 Å². The number of pyridine rings is 1. The molecule has 0 spiro atoms. The van der Waals surface area contributed by atoms with E-state index in [1.165, 1.54) is 0 Å². The molecule has 0 saturated heterocycles. The van der Waals surface area contributed by atoms with Crippen LogP contribution in [0.25, 0.3) is 0 Å². The molecule has 3 N–H and O–H groups in total. The number of nitrogens with two attached hydrogens (primary N) is 1. The van der Waals surface area contributed by atoms with E-state index in [0.717, 1.165) is 35.4 Å². The van der Waals surface area contributed by atoms with Crippen molar-refractivity contribution in [3.05, 3.63) is 23.0 Å². The van der Waals surface area contributed by atoms with Gasteiger partial charge in [0.15, 0.2) is 0 Å². The summed E-state index contributed by atoms with van der Waals surface area (Å²) in [5.41, 5.74) is 5.72. The van der Waals surface area contributed by atoms with Crippen LogP contribution in [0.3, 0.4) is 0 Å². The molecule has 5 heteroatoms. The molecule has 21 heavy (non-hydrogen) atoms. The van der Waals surface area contributed by atoms with Crippen molar-refractivity contribution in [3.63, 3.8) is 0 Å². The van der Waals surface area contributed by atoms with E-state index in [1.807, 2.05) is 20.0 Å². The van der Waals surface area contributed by atoms with Crippen LogP contribution in [0, 0.1) is 13.8 Å². The Balaban J connectivity index is 3.13. The Morgan fingerprint density at radius 3 is 2.33 bits per heavy atom. The maximum atomic E-state index is 5.79. The van der Waals surface area contributed by atoms with E-state index in [4.69, 9.17) is 15.3 Å². The van der Waals surface area contributed by atoms with E-state index in [0.29, 0.717) is 6.42 Å². The summed E-state index contributed by atoms with van der Waals surface area (Å²) < 4.78 is 11.3. The first-order valence-electron chi connectivity index (χ1n) is 7.49. The van der Waals surface area contributed by atoms with Gasteiger partial charge in [0.05, 0.1) is 18.8 Å². The summed E-state index contributed by atoms with van der Waals surface area (Å²) in [6.07, 6.45) is 4.32. The van der Waals surface area contributed by atoms with E-state index >= 15 is 0 Å². The highest BCUT2D eigenvalue weighted by atomic mass is 16.5. The van der Waals surface area contributed by atoms with Crippen LogP contribution in [0.15, 0.2) is 6.20 Å². The summed E-state index contributed by atoms with van der Waals surface area (Å²) in [6, 6.07) is -0.00360. The summed E-state index contributed by atoms with van der Waals surface area (Å²) in [4.78, 5) is 4.56. The highest BCUT2D eigenvalue weighted by Gasteiger charge is 2.36. The number of hydrogen-bond donors (Lipinski definition) is 2. The molecule has 0 aromatic carbocycles. The first-order chi connectivity index (χ1) is 9.99. The Morgan fingerprint density at radius 2 is 1.90 bits per heavy atom. The number of hydrogen-bond acceptors (Lipinski definition) is 5. The fraction of sp³-hybridized carbons (Fsp3) is 0.688. The van der Waals surface area contributed by atoms with E-state index in [-0.39, 0.29) is 11.6 Å². The Morgan fingerprint density at radius 1 is 1.29 bits per heavy atom. The summed E-state index contributed by atoms with van der Waals surface area (Å²) in [5, 5.41) is 0. The number of nitrogens with one attached hydrogen (secondary N) is 1. The minimum atomic E-state index is -0.291. The first-order valence-corrected chi connectivity index (χ1v) is 7.49. The second-order valence-corrected chi connectivity index (χ2v) is 5.45. The van der Waals surface area contributed by atoms with Crippen LogP contribution in [-0.4, -0.2) is 30.8 Å². The molecule has 0 saturated carbocycles. The molecule has 0 radical (unpaired) electrons. The van der Waals surface area contributed by atoms with Gasteiger partial charge >= 0.3 is 0 Å². The van der Waals surface area contributed by atoms with E-state index < -0.39 is 0 Å². The Kier molecular flexibility index (Phi) is 6.58. The van der Waals surface area contributed by atoms with Crippen molar-refractivity contribution in [2.24, 2.45) is 5.84 Å². The Labute approximate surface area is 128 Å². The largest absolute Gasteiger partial charge is 0.496 e. The average molecular weight is 295 g/mol. The fourth-order valence-electron chi connectivity index (χ4n) is 3.04. The maximum absolute atomic E-state index is 5.79. The molecule has 1 unspecified atom stereocenters. The Bertz CT molecular complexity index is 451. The smallest absolute Gasteiger partial charge is 0.128 e. The third-order valence-corrected chi connectivity index (χ3v) is 4.59. The van der Waals surface area contributed by atoms with Gasteiger partial charge in [-0.25, -0.2) is 0 Å². The molecule has 1 aromatic rings. The lowest BCUT2D eigenvalue weighted by Crippen LogP contribution is -2.55. The zero-order valence-corrected chi connectivity index (χ0v) is 14.1. The second-order valence-electron chi connectivity index (χ2n) is 5.45. The summed E-state index contributed by atoms with van der Waals surface area (Å²) >= 11 is 0. The molecule has 120 valence electrons. The molecule has 0 aliphatic rings. The van der Waals surface area contributed by atoms with Gasteiger partial charge in [-0.2, -0.15) is 0 Å². The molecule has 0 bridgehead atoms. The molecule has 0 aliphatic carbocycles. The quantitative estimate of drug-likeness (QED) is 0.569. The molecule has 5 nitrogen and oxygen atoms in total. The third-order valence-electron chi connectivity index (χ3n) is 4.59. The molecular formula is C16H29N3O2. The van der Waals surface area contributed by atoms with E-state index in [1.54, 1.807) is 14.2 Å². The van der Waals surface area contributed by atoms with Crippen LogP contribution in [0.5, 0.6) is 5.75 Å². The topological polar surface area (TPSA) is 69.4 Å². The number of ether oxygens (including phenoxy) is 2. The van der Waals surface area contributed by atoms with Crippen molar-refractivity contribution < 1.29 is 9.47 Å². The maximum Gasteiger partial charge on any atom is 0.128 e. The van der Waals surface area contributed by atoms with E-state index in [9.17, 15) is 0 Å². The van der Waals surface area contributed by atoms with Gasteiger partial charge in [0, 0.05) is 36.5 Å². The van der Waals surface area contributed by atoms with Gasteiger partial charge in [0.1, 0.15) is 5.75 Å². The zero-order valence-electron chi connectivity index (χ0n) is 14.1. The van der Waals surface area contributed by atoms with Crippen molar-refractivity contribution in [3.8, 4) is 5.75 Å². The summed E-state index contributed by atoms with van der Waals surface area (Å²) in [6.45, 7) is 8.27. The minimum Gasteiger partial charge on any atom is -0.496 e. The van der Waals surface area contributed by atoms with Crippen molar-refractivity contribution in [2.45, 2.75) is 58.6 Å². The number of hydrazine groups is 1. The monoisotopic (exact) mass is 295 g/mol. The van der Waals surface area contributed by atoms with E-state index in [2.05, 4.69) is 24.3 Å². The van der Waals surface area contributed by atoms with Gasteiger partial charge in [0.25, 0.3) is 0 Å². The predicted octanol–water partition coefficient (Wildman–Crippen LogP) is 2.29. The van der Waals surface area contributed by atoms with Crippen LogP contribution in [-0.2, 0) is 11.2 Å². The molecule has 1 heterocycles. The summed E-state index contributed by atoms with van der Waals surface area (Å²) in [5.74, 6) is 6.69. The van der Waals surface area contributed by atoms with Crippen molar-refractivity contribution in [1.82, 2.24) is 10.4 Å². The van der Waals surface area contributed by atoms with Crippen LogP contribution >= 0.6 is 0 Å². The van der Waals surface area contributed by atoms with Gasteiger partial charge in [0.2, 0.25) is 0 Å². The number of nitrogens with zero attached hydrogens (tertiary/aromatic N) is 1. The third kappa shape index (κ3) is 3.54. The van der Waals surface area contributed by atoms with Crippen LogP contribution in [0.2, 0.25) is 0 Å². The Hall–Kier alpha value is -1.17. The predicted molar refractivity (Wildman–Crippen MR) is 85.4 cm³/mol. The second kappa shape index (κ2) is 7.73. The van der Waals surface area contributed by atoms with Gasteiger partial charge in [-0.3, -0.25) is 16.3 Å². The van der Waals surface area contributed by atoms with Crippen molar-refractivity contribution >= 4 is 0 Å². The lowest BCUT2D eigenvalue weighted by atomic mass is 9.85. The number of rotatable bonds is 8. The molecule has 0 amide bonds. The molecule has 1 atom stereocenters.